The number of nitrogens with zero attached hydrogens (tertiary/aromatic N) is 1. The van der Waals surface area contributed by atoms with Crippen LogP contribution in [0.5, 0.6) is 0 Å². The Hall–Kier alpha value is -1.26. The molecular weight excluding hydrogens is 350 g/mol. The molecule has 3 aliphatic carbocycles. The molecule has 28 heavy (non-hydrogen) atoms. The Kier molecular flexibility index (Phi) is 6.79. The monoisotopic (exact) mass is 389 g/mol. The van der Waals surface area contributed by atoms with Gasteiger partial charge >= 0.3 is 6.03 Å². The van der Waals surface area contributed by atoms with Gasteiger partial charge in [-0.1, -0.05) is 44.9 Å². The van der Waals surface area contributed by atoms with Crippen LogP contribution in [0.1, 0.15) is 89.9 Å². The molecule has 0 bridgehead atoms. The van der Waals surface area contributed by atoms with Gasteiger partial charge in [0, 0.05) is 31.1 Å². The molecule has 0 radical (unpaired) electrons. The van der Waals surface area contributed by atoms with Crippen molar-refractivity contribution >= 4 is 11.9 Å². The second kappa shape index (κ2) is 9.49. The fourth-order valence-electron chi connectivity index (χ4n) is 6.27. The molecule has 0 aromatic carbocycles. The summed E-state index contributed by atoms with van der Waals surface area (Å²) in [5.74, 6) is 2.38. The summed E-state index contributed by atoms with van der Waals surface area (Å²) in [5, 5.41) is 6.44. The minimum absolute atomic E-state index is 0.0105. The summed E-state index contributed by atoms with van der Waals surface area (Å²) in [7, 11) is 0. The van der Waals surface area contributed by atoms with E-state index in [2.05, 4.69) is 15.5 Å². The van der Waals surface area contributed by atoms with Gasteiger partial charge in [0.05, 0.1) is 0 Å². The van der Waals surface area contributed by atoms with Crippen molar-refractivity contribution in [3.8, 4) is 0 Å². The largest absolute Gasteiger partial charge is 0.342 e. The summed E-state index contributed by atoms with van der Waals surface area (Å²) >= 11 is 0. The van der Waals surface area contributed by atoms with E-state index >= 15 is 0 Å². The van der Waals surface area contributed by atoms with Crippen molar-refractivity contribution in [1.82, 2.24) is 15.5 Å². The zero-order valence-electron chi connectivity index (χ0n) is 17.5. The predicted molar refractivity (Wildman–Crippen MR) is 111 cm³/mol. The Bertz CT molecular complexity index is 538. The number of hydrogen-bond acceptors (Lipinski definition) is 2. The second-order valence-corrected chi connectivity index (χ2v) is 9.87. The lowest BCUT2D eigenvalue weighted by molar-refractivity contribution is -0.137. The maximum Gasteiger partial charge on any atom is 0.315 e. The van der Waals surface area contributed by atoms with E-state index in [1.54, 1.807) is 0 Å². The van der Waals surface area contributed by atoms with Crippen molar-refractivity contribution in [2.45, 2.75) is 102 Å². The summed E-state index contributed by atoms with van der Waals surface area (Å²) in [5.41, 5.74) is 0. The molecule has 4 aliphatic rings. The topological polar surface area (TPSA) is 61.4 Å². The molecule has 5 heteroatoms. The lowest BCUT2D eigenvalue weighted by Crippen LogP contribution is -2.52. The zero-order valence-corrected chi connectivity index (χ0v) is 17.5. The average molecular weight is 390 g/mol. The van der Waals surface area contributed by atoms with E-state index < -0.39 is 0 Å². The van der Waals surface area contributed by atoms with E-state index in [0.717, 1.165) is 57.0 Å². The smallest absolute Gasteiger partial charge is 0.315 e. The van der Waals surface area contributed by atoms with Gasteiger partial charge in [0.25, 0.3) is 0 Å². The highest BCUT2D eigenvalue weighted by Crippen LogP contribution is 2.40. The van der Waals surface area contributed by atoms with Crippen LogP contribution in [-0.4, -0.2) is 42.0 Å². The van der Waals surface area contributed by atoms with Crippen molar-refractivity contribution in [2.24, 2.45) is 17.8 Å². The predicted octanol–water partition coefficient (Wildman–Crippen LogP) is 4.22. The molecule has 1 saturated heterocycles. The average Bonchev–Trinajstić information content (AvgIpc) is 2.74. The van der Waals surface area contributed by atoms with Crippen molar-refractivity contribution in [3.63, 3.8) is 0 Å². The normalized spacial score (nSPS) is 32.4. The molecule has 0 spiro atoms. The first-order chi connectivity index (χ1) is 13.7. The van der Waals surface area contributed by atoms with Crippen molar-refractivity contribution in [1.29, 1.82) is 0 Å². The maximum atomic E-state index is 12.7. The quantitative estimate of drug-likeness (QED) is 0.759. The van der Waals surface area contributed by atoms with Crippen molar-refractivity contribution < 1.29 is 9.59 Å². The van der Waals surface area contributed by atoms with E-state index in [4.69, 9.17) is 0 Å². The van der Waals surface area contributed by atoms with Crippen LogP contribution < -0.4 is 10.6 Å². The Morgan fingerprint density at radius 3 is 2.04 bits per heavy atom. The van der Waals surface area contributed by atoms with E-state index in [0.29, 0.717) is 11.9 Å². The number of carbonyl (C=O) groups excluding carboxylic acids is 2. The van der Waals surface area contributed by atoms with E-state index in [9.17, 15) is 9.59 Å². The number of amides is 3. The summed E-state index contributed by atoms with van der Waals surface area (Å²) < 4.78 is 0. The van der Waals surface area contributed by atoms with Crippen LogP contribution in [-0.2, 0) is 4.79 Å². The molecule has 0 aromatic heterocycles. The standard InChI is InChI=1S/C23H39N3O2/c27-22(18-7-2-1-3-8-18)26-14-12-20(13-15-26)24-23(28)25-21-11-10-17-6-4-5-9-19(17)16-21/h17-21H,1-16H2,(H2,24,25,28). The zero-order chi connectivity index (χ0) is 19.3. The van der Waals surface area contributed by atoms with E-state index in [-0.39, 0.29) is 18.0 Å². The molecule has 3 saturated carbocycles. The number of rotatable bonds is 3. The molecule has 3 amide bonds. The molecule has 1 heterocycles. The third-order valence-corrected chi connectivity index (χ3v) is 7.97. The van der Waals surface area contributed by atoms with Crippen LogP contribution >= 0.6 is 0 Å². The van der Waals surface area contributed by atoms with Gasteiger partial charge in [0.1, 0.15) is 0 Å². The van der Waals surface area contributed by atoms with Crippen LogP contribution in [0.25, 0.3) is 0 Å². The molecule has 5 nitrogen and oxygen atoms in total. The van der Waals surface area contributed by atoms with Crippen LogP contribution in [0.4, 0.5) is 4.79 Å². The molecule has 1 aliphatic heterocycles. The fraction of sp³-hybridized carbons (Fsp3) is 0.913. The minimum Gasteiger partial charge on any atom is -0.342 e. The lowest BCUT2D eigenvalue weighted by atomic mass is 9.69. The summed E-state index contributed by atoms with van der Waals surface area (Å²) in [6, 6.07) is 0.574. The number of fused-ring (bicyclic) bond motifs is 1. The Labute approximate surface area is 170 Å². The second-order valence-electron chi connectivity index (χ2n) is 9.87. The summed E-state index contributed by atoms with van der Waals surface area (Å²) in [6.45, 7) is 1.60. The molecular formula is C23H39N3O2. The van der Waals surface area contributed by atoms with Gasteiger partial charge in [0.15, 0.2) is 0 Å². The van der Waals surface area contributed by atoms with E-state index in [1.165, 1.54) is 57.8 Å². The van der Waals surface area contributed by atoms with E-state index in [1.807, 2.05) is 0 Å². The lowest BCUT2D eigenvalue weighted by Gasteiger charge is -2.40. The summed E-state index contributed by atoms with van der Waals surface area (Å²) in [6.07, 6.45) is 16.8. The van der Waals surface area contributed by atoms with Gasteiger partial charge in [-0.05, 0) is 56.8 Å². The summed E-state index contributed by atoms with van der Waals surface area (Å²) in [4.78, 5) is 27.2. The molecule has 3 atom stereocenters. The van der Waals surface area contributed by atoms with Gasteiger partial charge < -0.3 is 15.5 Å². The molecule has 0 aromatic rings. The van der Waals surface area contributed by atoms with Gasteiger partial charge in [-0.15, -0.1) is 0 Å². The van der Waals surface area contributed by atoms with Gasteiger partial charge in [-0.2, -0.15) is 0 Å². The molecule has 4 rings (SSSR count). The molecule has 2 N–H and O–H groups in total. The molecule has 158 valence electrons. The molecule has 4 fully saturated rings. The highest BCUT2D eigenvalue weighted by molar-refractivity contribution is 5.79. The number of hydrogen-bond donors (Lipinski definition) is 2. The Morgan fingerprint density at radius 2 is 1.29 bits per heavy atom. The SMILES string of the molecule is O=C(NC1CCN(C(=O)C2CCCCC2)CC1)NC1CCC2CCCCC2C1. The van der Waals surface area contributed by atoms with Crippen molar-refractivity contribution in [2.75, 3.05) is 13.1 Å². The number of urea groups is 1. The first kappa shape index (κ1) is 20.0. The number of carbonyl (C=O) groups is 2. The van der Waals surface area contributed by atoms with Gasteiger partial charge in [0.2, 0.25) is 5.91 Å². The first-order valence-corrected chi connectivity index (χ1v) is 12.0. The Morgan fingerprint density at radius 1 is 0.643 bits per heavy atom. The highest BCUT2D eigenvalue weighted by atomic mass is 16.2. The van der Waals surface area contributed by atoms with Crippen LogP contribution in [0.2, 0.25) is 0 Å². The van der Waals surface area contributed by atoms with Gasteiger partial charge in [-0.3, -0.25) is 4.79 Å². The fourth-order valence-corrected chi connectivity index (χ4v) is 6.27. The third kappa shape index (κ3) is 5.01. The highest BCUT2D eigenvalue weighted by Gasteiger charge is 2.33. The minimum atomic E-state index is 0.0105. The number of piperidine rings is 1. The van der Waals surface area contributed by atoms with Crippen LogP contribution in [0, 0.1) is 17.8 Å². The van der Waals surface area contributed by atoms with Crippen LogP contribution in [0.3, 0.4) is 0 Å². The van der Waals surface area contributed by atoms with Crippen LogP contribution in [0.15, 0.2) is 0 Å². The number of likely N-dealkylation sites (tertiary alicyclic amines) is 1. The Balaban J connectivity index is 1.16. The van der Waals surface area contributed by atoms with Gasteiger partial charge in [-0.25, -0.2) is 4.79 Å². The maximum absolute atomic E-state index is 12.7. The third-order valence-electron chi connectivity index (χ3n) is 7.97. The number of nitrogens with one attached hydrogen (secondary N) is 2. The first-order valence-electron chi connectivity index (χ1n) is 12.0. The molecule has 3 unspecified atom stereocenters. The van der Waals surface area contributed by atoms with Crippen molar-refractivity contribution in [3.05, 3.63) is 0 Å².